The number of anilines is 1. The average Bonchev–Trinajstić information content (AvgIpc) is 2.85. The van der Waals surface area contributed by atoms with Gasteiger partial charge in [-0.15, -0.1) is 0 Å². The third-order valence-electron chi connectivity index (χ3n) is 5.81. The van der Waals surface area contributed by atoms with Gasteiger partial charge in [0, 0.05) is 23.7 Å². The summed E-state index contributed by atoms with van der Waals surface area (Å²) >= 11 is 0. The number of methoxy groups -OCH3 is 2. The van der Waals surface area contributed by atoms with Crippen molar-refractivity contribution < 1.29 is 33.3 Å². The number of rotatable bonds is 6. The Morgan fingerprint density at radius 2 is 1.85 bits per heavy atom. The van der Waals surface area contributed by atoms with Gasteiger partial charge >= 0.3 is 11.9 Å². The van der Waals surface area contributed by atoms with Gasteiger partial charge in [0.15, 0.2) is 11.5 Å². The first-order valence-corrected chi connectivity index (χ1v) is 10.9. The highest BCUT2D eigenvalue weighted by Crippen LogP contribution is 2.43. The monoisotopic (exact) mass is 466 g/mol. The maximum Gasteiger partial charge on any atom is 0.339 e. The minimum Gasteiger partial charge on any atom is -0.493 e. The lowest BCUT2D eigenvalue weighted by molar-refractivity contribution is -0.160. The van der Waals surface area contributed by atoms with Crippen LogP contribution in [-0.2, 0) is 25.5 Å². The second-order valence-corrected chi connectivity index (χ2v) is 7.86. The molecule has 0 aliphatic carbocycles. The molecule has 9 heteroatoms. The summed E-state index contributed by atoms with van der Waals surface area (Å²) in [6, 6.07) is 10.9. The fourth-order valence-electron chi connectivity index (χ4n) is 4.13. The van der Waals surface area contributed by atoms with Crippen molar-refractivity contribution in [3.05, 3.63) is 65.2 Å². The molecule has 0 saturated carbocycles. The van der Waals surface area contributed by atoms with E-state index in [1.807, 2.05) is 6.07 Å². The van der Waals surface area contributed by atoms with Crippen molar-refractivity contribution in [2.45, 2.75) is 31.5 Å². The average molecular weight is 466 g/mol. The first kappa shape index (κ1) is 23.2. The Morgan fingerprint density at radius 1 is 1.15 bits per heavy atom. The van der Waals surface area contributed by atoms with Crippen LogP contribution in [0.5, 0.6) is 11.5 Å². The predicted octanol–water partition coefficient (Wildman–Crippen LogP) is 2.60. The highest BCUT2D eigenvalue weighted by atomic mass is 16.6. The summed E-state index contributed by atoms with van der Waals surface area (Å²) in [5.41, 5.74) is 0.616. The van der Waals surface area contributed by atoms with Crippen molar-refractivity contribution in [2.24, 2.45) is 0 Å². The van der Waals surface area contributed by atoms with Crippen LogP contribution >= 0.6 is 0 Å². The van der Waals surface area contributed by atoms with E-state index in [-0.39, 0.29) is 18.6 Å². The van der Waals surface area contributed by atoms with Crippen LogP contribution in [0.1, 0.15) is 29.3 Å². The number of esters is 2. The summed E-state index contributed by atoms with van der Waals surface area (Å²) in [6.07, 6.45) is 2.18. The first-order chi connectivity index (χ1) is 16.4. The van der Waals surface area contributed by atoms with Crippen molar-refractivity contribution in [3.63, 3.8) is 0 Å². The number of benzene rings is 2. The van der Waals surface area contributed by atoms with Gasteiger partial charge in [0.1, 0.15) is 11.6 Å². The quantitative estimate of drug-likeness (QED) is 0.625. The maximum atomic E-state index is 13.0. The van der Waals surface area contributed by atoms with Gasteiger partial charge in [-0.05, 0) is 43.2 Å². The zero-order valence-corrected chi connectivity index (χ0v) is 19.2. The number of carbonyl (C=O) groups excluding carboxylic acids is 3. The largest absolute Gasteiger partial charge is 0.493 e. The van der Waals surface area contributed by atoms with Crippen LogP contribution < -0.4 is 20.1 Å². The Hall–Kier alpha value is -4.01. The summed E-state index contributed by atoms with van der Waals surface area (Å²) in [7, 11) is 3.07. The van der Waals surface area contributed by atoms with Gasteiger partial charge < -0.3 is 29.6 Å². The summed E-state index contributed by atoms with van der Waals surface area (Å²) < 4.78 is 21.8. The molecule has 2 N–H and O–H groups in total. The smallest absolute Gasteiger partial charge is 0.339 e. The lowest BCUT2D eigenvalue weighted by atomic mass is 9.86. The Morgan fingerprint density at radius 3 is 2.53 bits per heavy atom. The Kier molecular flexibility index (Phi) is 6.45. The second kappa shape index (κ2) is 9.46. The molecule has 2 unspecified atom stereocenters. The molecular formula is C25H26N2O7. The van der Waals surface area contributed by atoms with Crippen molar-refractivity contribution in [1.29, 1.82) is 0 Å². The van der Waals surface area contributed by atoms with Crippen LogP contribution in [0, 0.1) is 0 Å². The number of fused-ring (bicyclic) bond motifs is 1. The minimum atomic E-state index is -1.44. The van der Waals surface area contributed by atoms with Gasteiger partial charge in [0.25, 0.3) is 5.91 Å². The molecule has 2 aromatic carbocycles. The van der Waals surface area contributed by atoms with E-state index in [0.717, 1.165) is 5.56 Å². The zero-order valence-electron chi connectivity index (χ0n) is 19.2. The molecule has 2 atom stereocenters. The molecule has 34 heavy (non-hydrogen) atoms. The number of aryl methyl sites for hydroxylation is 1. The highest BCUT2D eigenvalue weighted by molar-refractivity contribution is 6.00. The number of carbonyl (C=O) groups is 3. The predicted molar refractivity (Wildman–Crippen MR) is 123 cm³/mol. The van der Waals surface area contributed by atoms with Crippen molar-refractivity contribution in [1.82, 2.24) is 5.32 Å². The van der Waals surface area contributed by atoms with E-state index in [1.165, 1.54) is 13.2 Å². The van der Waals surface area contributed by atoms with Crippen LogP contribution in [0.15, 0.2) is 54.1 Å². The molecule has 178 valence electrons. The zero-order chi connectivity index (χ0) is 24.3. The topological polar surface area (TPSA) is 112 Å². The first-order valence-electron chi connectivity index (χ1n) is 10.9. The molecule has 0 fully saturated rings. The van der Waals surface area contributed by atoms with Gasteiger partial charge in [-0.2, -0.15) is 0 Å². The van der Waals surface area contributed by atoms with E-state index < -0.39 is 29.6 Å². The molecule has 4 rings (SSSR count). The van der Waals surface area contributed by atoms with Crippen molar-refractivity contribution >= 4 is 23.5 Å². The fraction of sp³-hybridized carbons (Fsp3) is 0.320. The van der Waals surface area contributed by atoms with Crippen LogP contribution in [0.2, 0.25) is 0 Å². The summed E-state index contributed by atoms with van der Waals surface area (Å²) in [5.74, 6) is -0.719. The van der Waals surface area contributed by atoms with Gasteiger partial charge in [0.05, 0.1) is 20.8 Å². The van der Waals surface area contributed by atoms with Crippen molar-refractivity contribution in [3.8, 4) is 11.5 Å². The molecule has 2 aromatic rings. The van der Waals surface area contributed by atoms with Crippen molar-refractivity contribution in [2.75, 3.05) is 26.1 Å². The van der Waals surface area contributed by atoms with E-state index in [9.17, 15) is 14.4 Å². The molecule has 9 nitrogen and oxygen atoms in total. The van der Waals surface area contributed by atoms with Crippen LogP contribution in [-0.4, -0.2) is 50.4 Å². The van der Waals surface area contributed by atoms with E-state index in [2.05, 4.69) is 10.6 Å². The Bertz CT molecular complexity index is 1150. The van der Waals surface area contributed by atoms with E-state index in [1.54, 1.807) is 50.4 Å². The third kappa shape index (κ3) is 4.28. The van der Waals surface area contributed by atoms with E-state index in [4.69, 9.17) is 18.9 Å². The SMILES string of the molecule is CCOC(=O)C1=CC(NC(=O)c2ccccc2)C(=O)OC12CCc1cc(OC)c(OC)cc1N2. The van der Waals surface area contributed by atoms with Gasteiger partial charge in [0.2, 0.25) is 5.72 Å². The van der Waals surface area contributed by atoms with Crippen LogP contribution in [0.3, 0.4) is 0 Å². The van der Waals surface area contributed by atoms with Gasteiger partial charge in [-0.25, -0.2) is 9.59 Å². The number of ether oxygens (including phenoxy) is 4. The molecule has 0 bridgehead atoms. The van der Waals surface area contributed by atoms with E-state index in [0.29, 0.717) is 29.2 Å². The Balaban J connectivity index is 1.69. The second-order valence-electron chi connectivity index (χ2n) is 7.86. The summed E-state index contributed by atoms with van der Waals surface area (Å²) in [4.78, 5) is 38.5. The third-order valence-corrected chi connectivity index (χ3v) is 5.81. The summed E-state index contributed by atoms with van der Waals surface area (Å²) in [5, 5.41) is 5.83. The number of hydrogen-bond donors (Lipinski definition) is 2. The van der Waals surface area contributed by atoms with Gasteiger partial charge in [-0.3, -0.25) is 4.79 Å². The highest BCUT2D eigenvalue weighted by Gasteiger charge is 2.50. The number of hydrogen-bond acceptors (Lipinski definition) is 8. The minimum absolute atomic E-state index is 0.118. The molecule has 1 spiro atoms. The number of amides is 1. The number of nitrogens with one attached hydrogen (secondary N) is 2. The normalized spacial score (nSPS) is 20.9. The van der Waals surface area contributed by atoms with E-state index >= 15 is 0 Å². The molecule has 0 radical (unpaired) electrons. The molecule has 2 aliphatic rings. The van der Waals surface area contributed by atoms with Gasteiger partial charge in [-0.1, -0.05) is 18.2 Å². The molecule has 1 amide bonds. The molecular weight excluding hydrogens is 440 g/mol. The maximum absolute atomic E-state index is 13.0. The van der Waals surface area contributed by atoms with Crippen LogP contribution in [0.25, 0.3) is 0 Å². The molecule has 0 saturated heterocycles. The summed E-state index contributed by atoms with van der Waals surface area (Å²) in [6.45, 7) is 1.83. The standard InChI is InChI=1S/C25H26N2O7/c1-4-33-23(29)17-13-19(26-22(28)15-8-6-5-7-9-15)24(30)34-25(17)11-10-16-12-20(31-2)21(32-3)14-18(16)27-25/h5-9,12-14,19,27H,4,10-11H2,1-3H3,(H,26,28). The molecule has 2 aliphatic heterocycles. The lowest BCUT2D eigenvalue weighted by Crippen LogP contribution is -2.57. The Labute approximate surface area is 197 Å². The van der Waals surface area contributed by atoms with Crippen LogP contribution in [0.4, 0.5) is 5.69 Å². The fourth-order valence-corrected chi connectivity index (χ4v) is 4.13. The molecule has 0 aromatic heterocycles. The lowest BCUT2D eigenvalue weighted by Gasteiger charge is -2.43. The molecule has 2 heterocycles.